The van der Waals surface area contributed by atoms with Crippen molar-refractivity contribution in [2.75, 3.05) is 6.54 Å². The zero-order valence-corrected chi connectivity index (χ0v) is 14.3. The Morgan fingerprint density at radius 3 is 1.57 bits per heavy atom. The Kier molecular flexibility index (Phi) is 7.35. The fourth-order valence-electron chi connectivity index (χ4n) is 1.95. The van der Waals surface area contributed by atoms with Crippen LogP contribution in [-0.4, -0.2) is 42.3 Å². The first kappa shape index (κ1) is 26.3. The van der Waals surface area contributed by atoms with Crippen LogP contribution in [-0.2, 0) is 11.4 Å². The first-order valence-corrected chi connectivity index (χ1v) is 7.67. The topological polar surface area (TPSA) is 21.3 Å². The molecule has 15 heteroatoms. The Morgan fingerprint density at radius 1 is 0.633 bits per heavy atom. The molecule has 30 heavy (non-hydrogen) atoms. The van der Waals surface area contributed by atoms with Gasteiger partial charge in [-0.2, -0.15) is 57.1 Å². The average molecular weight is 469 g/mol. The van der Waals surface area contributed by atoms with Crippen LogP contribution in [0.2, 0.25) is 0 Å². The second-order valence-corrected chi connectivity index (χ2v) is 5.92. The summed E-state index contributed by atoms with van der Waals surface area (Å²) >= 11 is 0. The van der Waals surface area contributed by atoms with E-state index >= 15 is 0 Å². The standard InChI is InChI=1S/C15H12F13NO/c16-10(17,6-7-29-30-8-9-4-2-1-3-5-9)11(18,19)12(20,21)13(22,23)14(24,25)15(26,27)28/h1-5,29H,6-8H2. The molecule has 1 N–H and O–H groups in total. The van der Waals surface area contributed by atoms with Gasteiger partial charge in [0.15, 0.2) is 0 Å². The molecule has 0 fully saturated rings. The van der Waals surface area contributed by atoms with Gasteiger partial charge in [-0.05, 0) is 5.56 Å². The largest absolute Gasteiger partial charge is 0.460 e. The van der Waals surface area contributed by atoms with E-state index in [9.17, 15) is 57.1 Å². The van der Waals surface area contributed by atoms with Crippen molar-refractivity contribution in [3.8, 4) is 0 Å². The first-order valence-electron chi connectivity index (χ1n) is 7.67. The summed E-state index contributed by atoms with van der Waals surface area (Å²) in [6, 6.07) is 7.62. The van der Waals surface area contributed by atoms with Gasteiger partial charge in [0.05, 0.1) is 6.61 Å². The zero-order valence-electron chi connectivity index (χ0n) is 14.3. The summed E-state index contributed by atoms with van der Waals surface area (Å²) < 4.78 is 168. The van der Waals surface area contributed by atoms with Crippen molar-refractivity contribution in [2.24, 2.45) is 0 Å². The lowest BCUT2D eigenvalue weighted by atomic mass is 9.92. The molecule has 0 aromatic heterocycles. The minimum Gasteiger partial charge on any atom is -0.297 e. The number of hydrogen-bond acceptors (Lipinski definition) is 2. The molecule has 0 heterocycles. The Balaban J connectivity index is 2.89. The van der Waals surface area contributed by atoms with Gasteiger partial charge in [-0.3, -0.25) is 4.84 Å². The molecule has 1 aromatic carbocycles. The third-order valence-corrected chi connectivity index (χ3v) is 3.72. The van der Waals surface area contributed by atoms with E-state index in [1.54, 1.807) is 11.5 Å². The normalized spacial score (nSPS) is 14.8. The molecular formula is C15H12F13NO. The Morgan fingerprint density at radius 2 is 1.10 bits per heavy atom. The van der Waals surface area contributed by atoms with Crippen molar-refractivity contribution in [1.82, 2.24) is 5.48 Å². The predicted molar refractivity (Wildman–Crippen MR) is 74.6 cm³/mol. The van der Waals surface area contributed by atoms with Gasteiger partial charge in [0.25, 0.3) is 0 Å². The minimum absolute atomic E-state index is 0.325. The van der Waals surface area contributed by atoms with Gasteiger partial charge < -0.3 is 0 Å². The van der Waals surface area contributed by atoms with Gasteiger partial charge >= 0.3 is 35.8 Å². The molecule has 0 saturated carbocycles. The third-order valence-electron chi connectivity index (χ3n) is 3.72. The predicted octanol–water partition coefficient (Wildman–Crippen LogP) is 5.84. The molecule has 0 unspecified atom stereocenters. The van der Waals surface area contributed by atoms with E-state index in [-0.39, 0.29) is 6.61 Å². The third kappa shape index (κ3) is 4.60. The summed E-state index contributed by atoms with van der Waals surface area (Å²) in [7, 11) is 0. The Labute approximate surface area is 159 Å². The maximum absolute atomic E-state index is 13.5. The molecule has 0 aliphatic carbocycles. The van der Waals surface area contributed by atoms with Crippen molar-refractivity contribution in [1.29, 1.82) is 0 Å². The van der Waals surface area contributed by atoms with Crippen LogP contribution < -0.4 is 5.48 Å². The highest BCUT2D eigenvalue weighted by Gasteiger charge is 2.90. The van der Waals surface area contributed by atoms with Gasteiger partial charge in [-0.25, -0.2) is 5.48 Å². The summed E-state index contributed by atoms with van der Waals surface area (Å²) in [4.78, 5) is 4.55. The molecular weight excluding hydrogens is 457 g/mol. The van der Waals surface area contributed by atoms with Gasteiger partial charge in [0.2, 0.25) is 0 Å². The lowest BCUT2D eigenvalue weighted by Crippen LogP contribution is -2.70. The number of alkyl halides is 13. The van der Waals surface area contributed by atoms with Crippen LogP contribution in [0.1, 0.15) is 12.0 Å². The van der Waals surface area contributed by atoms with Crippen molar-refractivity contribution in [2.45, 2.75) is 48.8 Å². The lowest BCUT2D eigenvalue weighted by molar-refractivity contribution is -0.440. The average Bonchev–Trinajstić information content (AvgIpc) is 2.60. The fourth-order valence-corrected chi connectivity index (χ4v) is 1.95. The molecule has 0 saturated heterocycles. The molecule has 0 spiro atoms. The minimum atomic E-state index is -7.89. The molecule has 0 amide bonds. The second-order valence-electron chi connectivity index (χ2n) is 5.92. The monoisotopic (exact) mass is 469 g/mol. The van der Waals surface area contributed by atoms with E-state index < -0.39 is 48.8 Å². The molecule has 0 radical (unpaired) electrons. The molecule has 174 valence electrons. The summed E-state index contributed by atoms with van der Waals surface area (Å²) in [5, 5.41) is 0. The highest BCUT2D eigenvalue weighted by atomic mass is 19.4. The number of benzene rings is 1. The zero-order chi connectivity index (χ0) is 23.6. The molecule has 1 rings (SSSR count). The summed E-state index contributed by atoms with van der Waals surface area (Å²) in [6.45, 7) is -1.69. The quantitative estimate of drug-likeness (QED) is 0.264. The highest BCUT2D eigenvalue weighted by molar-refractivity contribution is 5.13. The van der Waals surface area contributed by atoms with Crippen LogP contribution in [0.25, 0.3) is 0 Å². The molecule has 1 aromatic rings. The maximum Gasteiger partial charge on any atom is 0.460 e. The highest BCUT2D eigenvalue weighted by Crippen LogP contribution is 2.60. The van der Waals surface area contributed by atoms with E-state index in [2.05, 4.69) is 4.84 Å². The lowest BCUT2D eigenvalue weighted by Gasteiger charge is -2.39. The van der Waals surface area contributed by atoms with Gasteiger partial charge in [-0.1, -0.05) is 30.3 Å². The number of hydroxylamine groups is 1. The van der Waals surface area contributed by atoms with Crippen LogP contribution in [0.3, 0.4) is 0 Å². The van der Waals surface area contributed by atoms with Crippen LogP contribution in [0, 0.1) is 0 Å². The van der Waals surface area contributed by atoms with Crippen molar-refractivity contribution in [3.05, 3.63) is 35.9 Å². The van der Waals surface area contributed by atoms with Gasteiger partial charge in [0, 0.05) is 13.0 Å². The fraction of sp³-hybridized carbons (Fsp3) is 0.600. The summed E-state index contributed by atoms with van der Waals surface area (Å²) in [5.74, 6) is -36.8. The van der Waals surface area contributed by atoms with Crippen LogP contribution in [0.4, 0.5) is 57.1 Å². The van der Waals surface area contributed by atoms with Crippen LogP contribution in [0.5, 0.6) is 0 Å². The second kappa shape index (κ2) is 8.40. The smallest absolute Gasteiger partial charge is 0.297 e. The Hall–Kier alpha value is -1.77. The summed E-state index contributed by atoms with van der Waals surface area (Å²) in [5.41, 5.74) is 2.08. The first-order chi connectivity index (χ1) is 13.3. The van der Waals surface area contributed by atoms with Crippen molar-refractivity contribution >= 4 is 0 Å². The van der Waals surface area contributed by atoms with Crippen molar-refractivity contribution < 1.29 is 61.9 Å². The number of rotatable bonds is 10. The van der Waals surface area contributed by atoms with Crippen LogP contribution in [0.15, 0.2) is 30.3 Å². The SMILES string of the molecule is FC(F)(F)C(F)(F)C(F)(F)C(F)(F)C(F)(F)C(F)(F)CCNOCc1ccccc1. The maximum atomic E-state index is 13.5. The van der Waals surface area contributed by atoms with Gasteiger partial charge in [0.1, 0.15) is 0 Å². The van der Waals surface area contributed by atoms with E-state index in [1.807, 2.05) is 0 Å². The van der Waals surface area contributed by atoms with E-state index in [0.717, 1.165) is 0 Å². The Bertz CT molecular complexity index is 688. The number of hydrogen-bond donors (Lipinski definition) is 1. The molecule has 0 bridgehead atoms. The van der Waals surface area contributed by atoms with E-state index in [0.29, 0.717) is 5.56 Å². The molecule has 2 nitrogen and oxygen atoms in total. The van der Waals surface area contributed by atoms with Gasteiger partial charge in [-0.15, -0.1) is 0 Å². The van der Waals surface area contributed by atoms with Crippen molar-refractivity contribution in [3.63, 3.8) is 0 Å². The molecule has 0 atom stereocenters. The van der Waals surface area contributed by atoms with E-state index in [1.165, 1.54) is 24.3 Å². The van der Waals surface area contributed by atoms with Crippen LogP contribution >= 0.6 is 0 Å². The number of nitrogens with one attached hydrogen (secondary N) is 1. The number of halogens is 13. The van der Waals surface area contributed by atoms with E-state index in [4.69, 9.17) is 0 Å². The summed E-state index contributed by atoms with van der Waals surface area (Å²) in [6.07, 6.45) is -9.78. The molecule has 0 aliphatic rings. The molecule has 0 aliphatic heterocycles.